The van der Waals surface area contributed by atoms with Crippen molar-refractivity contribution in [2.75, 3.05) is 25.0 Å². The molecule has 2 amide bonds. The van der Waals surface area contributed by atoms with E-state index in [-0.39, 0.29) is 6.03 Å². The van der Waals surface area contributed by atoms with Crippen molar-refractivity contribution in [3.05, 3.63) is 24.3 Å². The number of piperidine rings is 1. The van der Waals surface area contributed by atoms with Gasteiger partial charge in [-0.15, -0.1) is 0 Å². The third kappa shape index (κ3) is 8.68. The zero-order valence-corrected chi connectivity index (χ0v) is 17.3. The summed E-state index contributed by atoms with van der Waals surface area (Å²) in [5, 5.41) is 2.99. The fraction of sp³-hybridized carbons (Fsp3) is 0.696. The zero-order chi connectivity index (χ0) is 19.3. The number of anilines is 1. The van der Waals surface area contributed by atoms with E-state index in [1.165, 1.54) is 44.9 Å². The molecule has 1 heterocycles. The lowest BCUT2D eigenvalue weighted by atomic mass is 10.00. The van der Waals surface area contributed by atoms with Gasteiger partial charge in [0.15, 0.2) is 0 Å². The van der Waals surface area contributed by atoms with Crippen LogP contribution >= 0.6 is 0 Å². The number of ether oxygens (including phenoxy) is 1. The Bertz CT molecular complexity index is 522. The first kappa shape index (κ1) is 21.6. The van der Waals surface area contributed by atoms with Gasteiger partial charge in [-0.2, -0.15) is 0 Å². The van der Waals surface area contributed by atoms with Crippen LogP contribution in [0, 0.1) is 5.92 Å². The fourth-order valence-corrected chi connectivity index (χ4v) is 3.47. The standard InChI is InChI=1S/C23H38N2O2/c1-3-4-5-6-7-8-9-10-19-27-22-13-11-21(12-14-22)24-23(26)25-17-15-20(2)16-18-25/h11-14,20H,3-10,15-19H2,1-2H3,(H,24,26). The molecule has 1 aliphatic rings. The minimum atomic E-state index is 0.00880. The average molecular weight is 375 g/mol. The van der Waals surface area contributed by atoms with Crippen LogP contribution in [0.2, 0.25) is 0 Å². The summed E-state index contributed by atoms with van der Waals surface area (Å²) in [4.78, 5) is 14.2. The van der Waals surface area contributed by atoms with Gasteiger partial charge >= 0.3 is 6.03 Å². The van der Waals surface area contributed by atoms with Crippen LogP contribution in [0.1, 0.15) is 78.1 Å². The molecule has 1 saturated heterocycles. The predicted molar refractivity (Wildman–Crippen MR) is 114 cm³/mol. The maximum absolute atomic E-state index is 12.3. The topological polar surface area (TPSA) is 41.6 Å². The van der Waals surface area contributed by atoms with Gasteiger partial charge < -0.3 is 15.0 Å². The van der Waals surface area contributed by atoms with E-state index in [1.54, 1.807) is 0 Å². The normalized spacial score (nSPS) is 15.0. The molecule has 0 atom stereocenters. The van der Waals surface area contributed by atoms with Crippen molar-refractivity contribution in [3.8, 4) is 5.75 Å². The summed E-state index contributed by atoms with van der Waals surface area (Å²) >= 11 is 0. The van der Waals surface area contributed by atoms with Gasteiger partial charge in [-0.05, 0) is 49.4 Å². The Kier molecular flexibility index (Phi) is 10.1. The molecule has 1 aliphatic heterocycles. The SMILES string of the molecule is CCCCCCCCCCOc1ccc(NC(=O)N2CCC(C)CC2)cc1. The van der Waals surface area contributed by atoms with Crippen molar-refractivity contribution in [2.24, 2.45) is 5.92 Å². The van der Waals surface area contributed by atoms with E-state index in [1.807, 2.05) is 29.2 Å². The molecule has 0 bridgehead atoms. The molecule has 1 aromatic carbocycles. The van der Waals surface area contributed by atoms with Crippen molar-refractivity contribution in [1.29, 1.82) is 0 Å². The Morgan fingerprint density at radius 2 is 1.59 bits per heavy atom. The first-order valence-corrected chi connectivity index (χ1v) is 11.0. The van der Waals surface area contributed by atoms with E-state index < -0.39 is 0 Å². The Morgan fingerprint density at radius 3 is 2.22 bits per heavy atom. The highest BCUT2D eigenvalue weighted by Crippen LogP contribution is 2.19. The van der Waals surface area contributed by atoms with E-state index in [2.05, 4.69) is 19.2 Å². The maximum atomic E-state index is 12.3. The van der Waals surface area contributed by atoms with Gasteiger partial charge in [0.2, 0.25) is 0 Å². The number of nitrogens with zero attached hydrogens (tertiary/aromatic N) is 1. The van der Waals surface area contributed by atoms with Gasteiger partial charge in [-0.25, -0.2) is 4.79 Å². The van der Waals surface area contributed by atoms with Gasteiger partial charge in [0.25, 0.3) is 0 Å². The quantitative estimate of drug-likeness (QED) is 0.451. The number of likely N-dealkylation sites (tertiary alicyclic amines) is 1. The number of hydrogen-bond donors (Lipinski definition) is 1. The van der Waals surface area contributed by atoms with Crippen molar-refractivity contribution in [1.82, 2.24) is 4.90 Å². The van der Waals surface area contributed by atoms with Crippen LogP contribution in [0.15, 0.2) is 24.3 Å². The van der Waals surface area contributed by atoms with E-state index >= 15 is 0 Å². The summed E-state index contributed by atoms with van der Waals surface area (Å²) in [5.74, 6) is 1.61. The summed E-state index contributed by atoms with van der Waals surface area (Å²) in [5.41, 5.74) is 0.832. The molecular weight excluding hydrogens is 336 g/mol. The van der Waals surface area contributed by atoms with Gasteiger partial charge in [0, 0.05) is 18.8 Å². The molecule has 1 aromatic rings. The Morgan fingerprint density at radius 1 is 1.00 bits per heavy atom. The molecule has 0 unspecified atom stereocenters. The number of hydrogen-bond acceptors (Lipinski definition) is 2. The fourth-order valence-electron chi connectivity index (χ4n) is 3.47. The van der Waals surface area contributed by atoms with Crippen molar-refractivity contribution in [3.63, 3.8) is 0 Å². The summed E-state index contributed by atoms with van der Waals surface area (Å²) in [6.07, 6.45) is 12.7. The second-order valence-electron chi connectivity index (χ2n) is 7.95. The minimum Gasteiger partial charge on any atom is -0.494 e. The largest absolute Gasteiger partial charge is 0.494 e. The lowest BCUT2D eigenvalue weighted by Gasteiger charge is -2.30. The van der Waals surface area contributed by atoms with Crippen LogP contribution in [-0.2, 0) is 0 Å². The van der Waals surface area contributed by atoms with Gasteiger partial charge in [0.05, 0.1) is 6.61 Å². The van der Waals surface area contributed by atoms with Gasteiger partial charge in [0.1, 0.15) is 5.75 Å². The number of carbonyl (C=O) groups excluding carboxylic acids is 1. The van der Waals surface area contributed by atoms with E-state index in [9.17, 15) is 4.79 Å². The lowest BCUT2D eigenvalue weighted by molar-refractivity contribution is 0.186. The molecule has 0 aromatic heterocycles. The van der Waals surface area contributed by atoms with Crippen LogP contribution in [0.25, 0.3) is 0 Å². The van der Waals surface area contributed by atoms with E-state index in [0.29, 0.717) is 0 Å². The molecule has 1 N–H and O–H groups in total. The first-order valence-electron chi connectivity index (χ1n) is 11.0. The second kappa shape index (κ2) is 12.6. The molecule has 0 saturated carbocycles. The number of unbranched alkanes of at least 4 members (excludes halogenated alkanes) is 7. The predicted octanol–water partition coefficient (Wildman–Crippen LogP) is 6.47. The van der Waals surface area contributed by atoms with Gasteiger partial charge in [-0.1, -0.05) is 58.8 Å². The molecule has 0 spiro atoms. The molecule has 4 nitrogen and oxygen atoms in total. The number of carbonyl (C=O) groups is 1. The van der Waals surface area contributed by atoms with Crippen LogP contribution in [-0.4, -0.2) is 30.6 Å². The monoisotopic (exact) mass is 374 g/mol. The Hall–Kier alpha value is -1.71. The molecule has 4 heteroatoms. The minimum absolute atomic E-state index is 0.00880. The van der Waals surface area contributed by atoms with E-state index in [4.69, 9.17) is 4.74 Å². The highest BCUT2D eigenvalue weighted by atomic mass is 16.5. The van der Waals surface area contributed by atoms with Crippen LogP contribution < -0.4 is 10.1 Å². The Labute approximate surface area is 165 Å². The number of nitrogens with one attached hydrogen (secondary N) is 1. The molecule has 0 aliphatic carbocycles. The average Bonchev–Trinajstić information content (AvgIpc) is 2.68. The smallest absolute Gasteiger partial charge is 0.321 e. The summed E-state index contributed by atoms with van der Waals surface area (Å²) in [6, 6.07) is 7.74. The molecule has 27 heavy (non-hydrogen) atoms. The van der Waals surface area contributed by atoms with Crippen molar-refractivity contribution >= 4 is 11.7 Å². The number of urea groups is 1. The molecular formula is C23H38N2O2. The molecule has 2 rings (SSSR count). The van der Waals surface area contributed by atoms with Gasteiger partial charge in [-0.3, -0.25) is 0 Å². The lowest BCUT2D eigenvalue weighted by Crippen LogP contribution is -2.40. The van der Waals surface area contributed by atoms with Crippen LogP contribution in [0.5, 0.6) is 5.75 Å². The summed E-state index contributed by atoms with van der Waals surface area (Å²) < 4.78 is 5.82. The highest BCUT2D eigenvalue weighted by molar-refractivity contribution is 5.89. The molecule has 0 radical (unpaired) electrons. The number of benzene rings is 1. The third-order valence-corrected chi connectivity index (χ3v) is 5.44. The maximum Gasteiger partial charge on any atom is 0.321 e. The second-order valence-corrected chi connectivity index (χ2v) is 7.95. The molecule has 152 valence electrons. The Balaban J connectivity index is 1.57. The molecule has 1 fully saturated rings. The number of rotatable bonds is 11. The number of amides is 2. The first-order chi connectivity index (χ1) is 13.2. The highest BCUT2D eigenvalue weighted by Gasteiger charge is 2.20. The summed E-state index contributed by atoms with van der Waals surface area (Å²) in [6.45, 7) is 6.99. The van der Waals surface area contributed by atoms with Crippen molar-refractivity contribution < 1.29 is 9.53 Å². The van der Waals surface area contributed by atoms with Crippen LogP contribution in [0.4, 0.5) is 10.5 Å². The van der Waals surface area contributed by atoms with E-state index in [0.717, 1.165) is 56.3 Å². The van der Waals surface area contributed by atoms with Crippen LogP contribution in [0.3, 0.4) is 0 Å². The summed E-state index contributed by atoms with van der Waals surface area (Å²) in [7, 11) is 0. The van der Waals surface area contributed by atoms with Crippen molar-refractivity contribution in [2.45, 2.75) is 78.1 Å². The zero-order valence-electron chi connectivity index (χ0n) is 17.3. The third-order valence-electron chi connectivity index (χ3n) is 5.44.